The number of amidine groups is 1. The van der Waals surface area contributed by atoms with Crippen LogP contribution in [-0.2, 0) is 15.8 Å². The summed E-state index contributed by atoms with van der Waals surface area (Å²) < 4.78 is 32.8. The van der Waals surface area contributed by atoms with Gasteiger partial charge in [0.2, 0.25) is 0 Å². The number of benzene rings is 1. The van der Waals surface area contributed by atoms with Crippen LogP contribution < -0.4 is 10.5 Å². The molecule has 0 spiro atoms. The molecule has 0 aromatic heterocycles. The number of nitrogens with zero attached hydrogens (tertiary/aromatic N) is 1. The lowest BCUT2D eigenvalue weighted by atomic mass is 9.81. The molecule has 1 aliphatic heterocycles. The smallest absolute Gasteiger partial charge is 0.259 e. The molecule has 1 aromatic carbocycles. The van der Waals surface area contributed by atoms with Crippen molar-refractivity contribution in [1.29, 1.82) is 0 Å². The topological polar surface area (TPSA) is 102 Å². The van der Waals surface area contributed by atoms with E-state index in [9.17, 15) is 13.5 Å². The van der Waals surface area contributed by atoms with Crippen LogP contribution in [-0.4, -0.2) is 32.1 Å². The fourth-order valence-electron chi connectivity index (χ4n) is 2.78. The van der Waals surface area contributed by atoms with E-state index in [1.165, 1.54) is 0 Å². The van der Waals surface area contributed by atoms with Crippen LogP contribution in [0.4, 0.5) is 0 Å². The first-order valence-electron chi connectivity index (χ1n) is 7.55. The second-order valence-electron chi connectivity index (χ2n) is 6.96. The molecule has 1 atom stereocenters. The Kier molecular flexibility index (Phi) is 4.73. The molecule has 1 heterocycles. The minimum absolute atomic E-state index is 0.0518. The normalized spacial score (nSPS) is 18.3. The highest BCUT2D eigenvalue weighted by molar-refractivity contribution is 7.89. The van der Waals surface area contributed by atoms with Crippen molar-refractivity contribution in [3.8, 4) is 5.75 Å². The van der Waals surface area contributed by atoms with Crippen molar-refractivity contribution >= 4 is 15.9 Å². The fraction of sp³-hybridized carbons (Fsp3) is 0.562. The molecule has 128 valence electrons. The van der Waals surface area contributed by atoms with Crippen molar-refractivity contribution in [1.82, 2.24) is 0 Å². The summed E-state index contributed by atoms with van der Waals surface area (Å²) in [6.45, 7) is 8.03. The lowest BCUT2D eigenvalue weighted by molar-refractivity contribution is -0.0141. The van der Waals surface area contributed by atoms with Crippen LogP contribution in [0.15, 0.2) is 22.6 Å². The zero-order chi connectivity index (χ0) is 17.4. The molecule has 2 rings (SSSR count). The van der Waals surface area contributed by atoms with Crippen LogP contribution in [0.1, 0.15) is 38.8 Å². The second-order valence-corrected chi connectivity index (χ2v) is 8.59. The average molecular weight is 340 g/mol. The van der Waals surface area contributed by atoms with Crippen molar-refractivity contribution in [2.24, 2.45) is 21.5 Å². The first-order valence-corrected chi connectivity index (χ1v) is 9.15. The van der Waals surface area contributed by atoms with Crippen LogP contribution >= 0.6 is 0 Å². The van der Waals surface area contributed by atoms with Gasteiger partial charge in [-0.1, -0.05) is 39.8 Å². The summed E-state index contributed by atoms with van der Waals surface area (Å²) in [4.78, 5) is 0. The molecule has 0 saturated heterocycles. The van der Waals surface area contributed by atoms with Gasteiger partial charge in [0.1, 0.15) is 11.6 Å². The maximum Gasteiger partial charge on any atom is 0.259 e. The van der Waals surface area contributed by atoms with Gasteiger partial charge in [-0.05, 0) is 17.5 Å². The number of nitrogens with two attached hydrogens (primary N) is 1. The van der Waals surface area contributed by atoms with Gasteiger partial charge in [0, 0.05) is 5.41 Å². The van der Waals surface area contributed by atoms with E-state index in [4.69, 9.17) is 10.5 Å². The predicted molar refractivity (Wildman–Crippen MR) is 89.9 cm³/mol. The molecular weight excluding hydrogens is 316 g/mol. The van der Waals surface area contributed by atoms with E-state index in [2.05, 4.69) is 4.40 Å². The molecule has 23 heavy (non-hydrogen) atoms. The first-order chi connectivity index (χ1) is 10.5. The Balaban J connectivity index is 2.27. The summed E-state index contributed by atoms with van der Waals surface area (Å²) in [6.07, 6.45) is -0.520. The molecule has 1 aliphatic rings. The number of sulfonamides is 1. The number of rotatable bonds is 5. The molecule has 7 heteroatoms. The van der Waals surface area contributed by atoms with E-state index < -0.39 is 21.5 Å². The molecule has 0 fully saturated rings. The molecule has 0 bridgehead atoms. The zero-order valence-electron chi connectivity index (χ0n) is 13.9. The Hall–Kier alpha value is -1.60. The van der Waals surface area contributed by atoms with E-state index in [0.717, 1.165) is 0 Å². The number of aliphatic hydroxyl groups excluding tert-OH is 1. The highest BCUT2D eigenvalue weighted by Crippen LogP contribution is 2.31. The van der Waals surface area contributed by atoms with Gasteiger partial charge in [0.15, 0.2) is 0 Å². The molecule has 0 amide bonds. The fourth-order valence-corrected chi connectivity index (χ4v) is 3.87. The van der Waals surface area contributed by atoms with Gasteiger partial charge in [0.25, 0.3) is 10.0 Å². The molecule has 0 radical (unpaired) electrons. The summed E-state index contributed by atoms with van der Waals surface area (Å²) in [5.41, 5.74) is 6.46. The third-order valence-electron chi connectivity index (χ3n) is 3.98. The SMILES string of the molecule is CC(C)C(O)C(C)(C)COc1cccc2c1C(N)=NS(=O)(=O)C2. The van der Waals surface area contributed by atoms with Gasteiger partial charge in [-0.3, -0.25) is 0 Å². The molecule has 1 aromatic rings. The monoisotopic (exact) mass is 340 g/mol. The number of aliphatic hydroxyl groups is 1. The summed E-state index contributed by atoms with van der Waals surface area (Å²) in [5.74, 6) is 0.361. The Labute approximate surface area is 137 Å². The Bertz CT molecular complexity index is 724. The van der Waals surface area contributed by atoms with Gasteiger partial charge < -0.3 is 15.6 Å². The van der Waals surface area contributed by atoms with Crippen LogP contribution in [0.2, 0.25) is 0 Å². The lowest BCUT2D eigenvalue weighted by Gasteiger charge is -2.33. The summed E-state index contributed by atoms with van der Waals surface area (Å²) >= 11 is 0. The third kappa shape index (κ3) is 3.84. The number of hydrogen-bond donors (Lipinski definition) is 2. The zero-order valence-corrected chi connectivity index (χ0v) is 14.7. The highest BCUT2D eigenvalue weighted by Gasteiger charge is 2.32. The maximum absolute atomic E-state index is 11.7. The second kappa shape index (κ2) is 6.13. The Morgan fingerprint density at radius 3 is 2.65 bits per heavy atom. The van der Waals surface area contributed by atoms with Gasteiger partial charge in [0.05, 0.1) is 24.0 Å². The molecule has 6 nitrogen and oxygen atoms in total. The average Bonchev–Trinajstić information content (AvgIpc) is 2.42. The standard InChI is InChI=1S/C16H24N2O4S/c1-10(2)14(19)16(3,4)9-22-12-7-5-6-11-8-23(20,21)18-15(17)13(11)12/h5-7,10,14,19H,8-9H2,1-4H3,(H2,17,18). The van der Waals surface area contributed by atoms with Gasteiger partial charge in [-0.15, -0.1) is 4.40 Å². The van der Waals surface area contributed by atoms with Crippen LogP contribution in [0.3, 0.4) is 0 Å². The summed E-state index contributed by atoms with van der Waals surface area (Å²) in [5, 5.41) is 10.3. The summed E-state index contributed by atoms with van der Waals surface area (Å²) in [6, 6.07) is 5.17. The predicted octanol–water partition coefficient (Wildman–Crippen LogP) is 1.66. The van der Waals surface area contributed by atoms with Crippen molar-refractivity contribution in [2.75, 3.05) is 6.61 Å². The van der Waals surface area contributed by atoms with Crippen molar-refractivity contribution in [3.63, 3.8) is 0 Å². The minimum Gasteiger partial charge on any atom is -0.492 e. The molecule has 0 saturated carbocycles. The Morgan fingerprint density at radius 2 is 2.04 bits per heavy atom. The maximum atomic E-state index is 11.7. The molecule has 1 unspecified atom stereocenters. The van der Waals surface area contributed by atoms with Gasteiger partial charge >= 0.3 is 0 Å². The molecular formula is C16H24N2O4S. The van der Waals surface area contributed by atoms with E-state index in [1.807, 2.05) is 27.7 Å². The largest absolute Gasteiger partial charge is 0.492 e. The number of hydrogen-bond acceptors (Lipinski definition) is 5. The van der Waals surface area contributed by atoms with E-state index in [1.54, 1.807) is 18.2 Å². The number of fused-ring (bicyclic) bond motifs is 1. The van der Waals surface area contributed by atoms with Crippen LogP contribution in [0.5, 0.6) is 5.75 Å². The highest BCUT2D eigenvalue weighted by atomic mass is 32.2. The van der Waals surface area contributed by atoms with Crippen molar-refractivity contribution in [2.45, 2.75) is 39.6 Å². The minimum atomic E-state index is -3.56. The quantitative estimate of drug-likeness (QED) is 0.848. The van der Waals surface area contributed by atoms with Crippen LogP contribution in [0, 0.1) is 11.3 Å². The summed E-state index contributed by atoms with van der Waals surface area (Å²) in [7, 11) is -3.56. The van der Waals surface area contributed by atoms with Crippen molar-refractivity contribution in [3.05, 3.63) is 29.3 Å². The Morgan fingerprint density at radius 1 is 1.39 bits per heavy atom. The van der Waals surface area contributed by atoms with Crippen LogP contribution in [0.25, 0.3) is 0 Å². The molecule has 0 aliphatic carbocycles. The van der Waals surface area contributed by atoms with E-state index in [0.29, 0.717) is 16.9 Å². The number of ether oxygens (including phenoxy) is 1. The van der Waals surface area contributed by atoms with E-state index >= 15 is 0 Å². The van der Waals surface area contributed by atoms with E-state index in [-0.39, 0.29) is 24.1 Å². The lowest BCUT2D eigenvalue weighted by Crippen LogP contribution is -2.38. The van der Waals surface area contributed by atoms with Gasteiger partial charge in [-0.2, -0.15) is 0 Å². The third-order valence-corrected chi connectivity index (χ3v) is 5.13. The van der Waals surface area contributed by atoms with Gasteiger partial charge in [-0.25, -0.2) is 8.42 Å². The van der Waals surface area contributed by atoms with Crippen molar-refractivity contribution < 1.29 is 18.3 Å². The molecule has 3 N–H and O–H groups in total. The first kappa shape index (κ1) is 17.7.